The molecule has 176 valence electrons. The third kappa shape index (κ3) is 5.92. The highest BCUT2D eigenvalue weighted by molar-refractivity contribution is 5.84. The molecule has 7 nitrogen and oxygen atoms in total. The molecule has 2 aromatic rings. The smallest absolute Gasteiger partial charge is 0.407 e. The van der Waals surface area contributed by atoms with Gasteiger partial charge in [-0.25, -0.2) is 9.59 Å². The summed E-state index contributed by atoms with van der Waals surface area (Å²) in [4.78, 5) is 36.3. The van der Waals surface area contributed by atoms with Crippen molar-refractivity contribution >= 4 is 18.0 Å². The van der Waals surface area contributed by atoms with Crippen molar-refractivity contribution in [3.8, 4) is 11.1 Å². The van der Waals surface area contributed by atoms with Crippen molar-refractivity contribution in [2.24, 2.45) is 5.92 Å². The van der Waals surface area contributed by atoms with E-state index in [1.807, 2.05) is 45.0 Å². The Balaban J connectivity index is 1.60. The topological polar surface area (TPSA) is 105 Å². The highest BCUT2D eigenvalue weighted by atomic mass is 16.5. The average molecular weight is 453 g/mol. The van der Waals surface area contributed by atoms with Crippen LogP contribution in [0.3, 0.4) is 0 Å². The van der Waals surface area contributed by atoms with E-state index in [9.17, 15) is 19.5 Å². The number of alkyl carbamates (subject to hydrolysis) is 1. The van der Waals surface area contributed by atoms with E-state index in [-0.39, 0.29) is 24.9 Å². The summed E-state index contributed by atoms with van der Waals surface area (Å²) in [6.07, 6.45) is 0.387. The van der Waals surface area contributed by atoms with Crippen LogP contribution in [0.25, 0.3) is 11.1 Å². The molecule has 3 rings (SSSR count). The fourth-order valence-corrected chi connectivity index (χ4v) is 4.24. The van der Waals surface area contributed by atoms with Gasteiger partial charge in [0.05, 0.1) is 0 Å². The number of benzene rings is 2. The first-order valence-corrected chi connectivity index (χ1v) is 11.5. The number of hydrogen-bond acceptors (Lipinski definition) is 4. The quantitative estimate of drug-likeness (QED) is 0.498. The second-order valence-electron chi connectivity index (χ2n) is 8.77. The molecular weight excluding hydrogens is 420 g/mol. The van der Waals surface area contributed by atoms with Crippen molar-refractivity contribution in [1.29, 1.82) is 0 Å². The number of rotatable bonds is 10. The third-order valence-electron chi connectivity index (χ3n) is 6.07. The second kappa shape index (κ2) is 11.0. The molecule has 1 aliphatic carbocycles. The van der Waals surface area contributed by atoms with Gasteiger partial charge < -0.3 is 20.5 Å². The molecule has 0 aromatic heterocycles. The summed E-state index contributed by atoms with van der Waals surface area (Å²) >= 11 is 0. The van der Waals surface area contributed by atoms with Gasteiger partial charge in [0.2, 0.25) is 5.91 Å². The van der Waals surface area contributed by atoms with Crippen LogP contribution in [0.15, 0.2) is 48.5 Å². The number of amides is 2. The zero-order valence-electron chi connectivity index (χ0n) is 19.3. The molecule has 2 amide bonds. The van der Waals surface area contributed by atoms with Crippen molar-refractivity contribution in [2.45, 2.75) is 58.0 Å². The number of carbonyl (C=O) groups excluding carboxylic acids is 2. The zero-order valence-corrected chi connectivity index (χ0v) is 19.3. The Bertz CT molecular complexity index is 958. The number of hydrogen-bond donors (Lipinski definition) is 3. The summed E-state index contributed by atoms with van der Waals surface area (Å²) in [5.74, 6) is -1.55. The van der Waals surface area contributed by atoms with Crippen molar-refractivity contribution in [2.75, 3.05) is 6.61 Å². The van der Waals surface area contributed by atoms with Gasteiger partial charge >= 0.3 is 12.1 Å². The maximum Gasteiger partial charge on any atom is 0.407 e. The molecular formula is C26H32N2O5. The van der Waals surface area contributed by atoms with Crippen LogP contribution in [0.4, 0.5) is 4.79 Å². The van der Waals surface area contributed by atoms with Crippen LogP contribution >= 0.6 is 0 Å². The summed E-state index contributed by atoms with van der Waals surface area (Å²) in [6, 6.07) is 14.8. The van der Waals surface area contributed by atoms with Crippen molar-refractivity contribution in [3.63, 3.8) is 0 Å². The average Bonchev–Trinajstić information content (AvgIpc) is 3.10. The van der Waals surface area contributed by atoms with Gasteiger partial charge in [0, 0.05) is 18.4 Å². The summed E-state index contributed by atoms with van der Waals surface area (Å²) in [7, 11) is 0. The first-order chi connectivity index (χ1) is 15.8. The van der Waals surface area contributed by atoms with Crippen LogP contribution in [0.1, 0.15) is 57.1 Å². The van der Waals surface area contributed by atoms with Gasteiger partial charge in [-0.3, -0.25) is 4.79 Å². The van der Waals surface area contributed by atoms with Gasteiger partial charge in [-0.2, -0.15) is 0 Å². The molecule has 2 atom stereocenters. The maximum atomic E-state index is 12.6. The highest BCUT2D eigenvalue weighted by Crippen LogP contribution is 2.44. The molecule has 0 spiro atoms. The fraction of sp³-hybridized carbons (Fsp3) is 0.423. The van der Waals surface area contributed by atoms with E-state index >= 15 is 0 Å². The molecule has 2 aromatic carbocycles. The monoisotopic (exact) mass is 452 g/mol. The molecule has 33 heavy (non-hydrogen) atoms. The fourth-order valence-electron chi connectivity index (χ4n) is 4.24. The lowest BCUT2D eigenvalue weighted by Crippen LogP contribution is -2.46. The molecule has 7 heteroatoms. The van der Waals surface area contributed by atoms with E-state index in [0.717, 1.165) is 22.3 Å². The number of carboxylic acid groups (broad SMARTS) is 1. The van der Waals surface area contributed by atoms with Crippen molar-refractivity contribution < 1.29 is 24.2 Å². The lowest BCUT2D eigenvalue weighted by Gasteiger charge is -2.23. The predicted octanol–water partition coefficient (Wildman–Crippen LogP) is 4.31. The minimum Gasteiger partial charge on any atom is -0.480 e. The first kappa shape index (κ1) is 24.3. The van der Waals surface area contributed by atoms with E-state index < -0.39 is 30.1 Å². The summed E-state index contributed by atoms with van der Waals surface area (Å²) < 4.78 is 5.58. The molecule has 0 radical (unpaired) electrons. The largest absolute Gasteiger partial charge is 0.480 e. The first-order valence-electron chi connectivity index (χ1n) is 11.5. The standard InChI is InChI=1S/C26H32N2O5/c1-4-9-22(25(30)31)27-24(29)14-23(16(2)3)28-26(32)33-15-21-19-12-7-5-10-17(19)18-11-6-8-13-20(18)21/h5-8,10-13,16,21-23H,4,9,14-15H2,1-3H3,(H,27,29)(H,28,32)(H,30,31)/t22?,23-/m1/s1. The van der Waals surface area contributed by atoms with Gasteiger partial charge in [0.25, 0.3) is 0 Å². The summed E-state index contributed by atoms with van der Waals surface area (Å²) in [5, 5.41) is 14.6. The lowest BCUT2D eigenvalue weighted by molar-refractivity contribution is -0.142. The van der Waals surface area contributed by atoms with Gasteiger partial charge in [-0.05, 0) is 34.6 Å². The van der Waals surface area contributed by atoms with E-state index in [1.165, 1.54) is 0 Å². The van der Waals surface area contributed by atoms with Gasteiger partial charge in [0.15, 0.2) is 0 Å². The van der Waals surface area contributed by atoms with E-state index in [4.69, 9.17) is 4.74 Å². The number of carboxylic acids is 1. The number of carbonyl (C=O) groups is 3. The number of fused-ring (bicyclic) bond motifs is 3. The molecule has 3 N–H and O–H groups in total. The number of ether oxygens (including phenoxy) is 1. The van der Waals surface area contributed by atoms with Crippen LogP contribution in [0.5, 0.6) is 0 Å². The molecule has 1 aliphatic rings. The van der Waals surface area contributed by atoms with Crippen LogP contribution in [0.2, 0.25) is 0 Å². The Morgan fingerprint density at radius 3 is 2.06 bits per heavy atom. The van der Waals surface area contributed by atoms with Crippen molar-refractivity contribution in [3.05, 3.63) is 59.7 Å². The van der Waals surface area contributed by atoms with Crippen molar-refractivity contribution in [1.82, 2.24) is 10.6 Å². The minimum absolute atomic E-state index is 0.0185. The number of nitrogens with one attached hydrogen (secondary N) is 2. The molecule has 0 heterocycles. The van der Waals surface area contributed by atoms with Gasteiger partial charge in [0.1, 0.15) is 12.6 Å². The molecule has 0 saturated heterocycles. The maximum absolute atomic E-state index is 12.6. The Kier molecular flexibility index (Phi) is 8.09. The molecule has 0 aliphatic heterocycles. The van der Waals surface area contributed by atoms with E-state index in [2.05, 4.69) is 34.9 Å². The molecule has 1 unspecified atom stereocenters. The van der Waals surface area contributed by atoms with Crippen LogP contribution in [-0.2, 0) is 14.3 Å². The summed E-state index contributed by atoms with van der Waals surface area (Å²) in [5.41, 5.74) is 4.56. The predicted molar refractivity (Wildman–Crippen MR) is 126 cm³/mol. The van der Waals surface area contributed by atoms with Gasteiger partial charge in [-0.1, -0.05) is 75.7 Å². The van der Waals surface area contributed by atoms with Gasteiger partial charge in [-0.15, -0.1) is 0 Å². The van der Waals surface area contributed by atoms with Crippen LogP contribution in [-0.4, -0.2) is 41.8 Å². The Hall–Kier alpha value is -3.35. The molecule has 0 fully saturated rings. The Morgan fingerprint density at radius 1 is 0.970 bits per heavy atom. The van der Waals surface area contributed by atoms with E-state index in [1.54, 1.807) is 0 Å². The van der Waals surface area contributed by atoms with E-state index in [0.29, 0.717) is 12.8 Å². The minimum atomic E-state index is -1.06. The third-order valence-corrected chi connectivity index (χ3v) is 6.07. The Labute approximate surface area is 194 Å². The van der Waals surface area contributed by atoms with Crippen LogP contribution < -0.4 is 10.6 Å². The normalized spacial score (nSPS) is 14.2. The second-order valence-corrected chi connectivity index (χ2v) is 8.77. The number of aliphatic carboxylic acids is 1. The Morgan fingerprint density at radius 2 is 1.55 bits per heavy atom. The van der Waals surface area contributed by atoms with Crippen LogP contribution in [0, 0.1) is 5.92 Å². The lowest BCUT2D eigenvalue weighted by atomic mass is 9.98. The molecule has 0 saturated carbocycles. The zero-order chi connectivity index (χ0) is 24.0. The highest BCUT2D eigenvalue weighted by Gasteiger charge is 2.30. The SMILES string of the molecule is CCCC(NC(=O)C[C@@H](NC(=O)OCC1c2ccccc2-c2ccccc21)C(C)C)C(=O)O. The molecule has 0 bridgehead atoms. The summed E-state index contributed by atoms with van der Waals surface area (Å²) in [6.45, 7) is 5.83.